The topological polar surface area (TPSA) is 23.6 Å². The van der Waals surface area contributed by atoms with Crippen LogP contribution in [0.25, 0.3) is 0 Å². The van der Waals surface area contributed by atoms with Gasteiger partial charge in [-0.05, 0) is 24.7 Å². The summed E-state index contributed by atoms with van der Waals surface area (Å²) >= 11 is 12.0. The highest BCUT2D eigenvalue weighted by Crippen LogP contribution is 2.22. The van der Waals surface area contributed by atoms with E-state index in [1.54, 1.807) is 18.2 Å². The van der Waals surface area contributed by atoms with E-state index >= 15 is 0 Å². The van der Waals surface area contributed by atoms with Gasteiger partial charge in [-0.1, -0.05) is 30.1 Å². The van der Waals surface area contributed by atoms with Crippen LogP contribution in [0.4, 0.5) is 0 Å². The summed E-state index contributed by atoms with van der Waals surface area (Å²) in [6.07, 6.45) is 0. The van der Waals surface area contributed by atoms with Gasteiger partial charge >= 0.3 is 0 Å². The van der Waals surface area contributed by atoms with Crippen molar-refractivity contribution in [2.24, 2.45) is 0 Å². The van der Waals surface area contributed by atoms with E-state index in [2.05, 4.69) is 11.8 Å². The van der Waals surface area contributed by atoms with E-state index in [4.69, 9.17) is 23.2 Å². The molecule has 98 valence electrons. The Bertz CT molecular complexity index is 443. The third kappa shape index (κ3) is 2.97. The number of halogens is 2. The van der Waals surface area contributed by atoms with Crippen molar-refractivity contribution in [1.29, 1.82) is 0 Å². The molecule has 18 heavy (non-hydrogen) atoms. The number of carbonyl (C=O) groups excluding carboxylic acids is 1. The molecule has 1 aliphatic heterocycles. The first-order valence-electron chi connectivity index (χ1n) is 6.08. The Morgan fingerprint density at radius 3 is 2.50 bits per heavy atom. The molecule has 0 atom stereocenters. The minimum atomic E-state index is -0.0294. The van der Waals surface area contributed by atoms with Crippen LogP contribution in [0, 0.1) is 0 Å². The molecule has 0 aliphatic carbocycles. The van der Waals surface area contributed by atoms with Gasteiger partial charge in [0.05, 0.1) is 10.6 Å². The van der Waals surface area contributed by atoms with Gasteiger partial charge in [0.25, 0.3) is 5.91 Å². The third-order valence-corrected chi connectivity index (χ3v) is 3.83. The monoisotopic (exact) mass is 286 g/mol. The second-order valence-electron chi connectivity index (χ2n) is 4.35. The molecule has 2 rings (SSSR count). The van der Waals surface area contributed by atoms with Crippen molar-refractivity contribution in [3.05, 3.63) is 33.8 Å². The van der Waals surface area contributed by atoms with Crippen LogP contribution in [0.2, 0.25) is 10.0 Å². The van der Waals surface area contributed by atoms with Crippen LogP contribution in [-0.4, -0.2) is 48.4 Å². The summed E-state index contributed by atoms with van der Waals surface area (Å²) in [6.45, 7) is 6.48. The molecule has 3 nitrogen and oxygen atoms in total. The maximum Gasteiger partial charge on any atom is 0.255 e. The quantitative estimate of drug-likeness (QED) is 0.835. The number of carbonyl (C=O) groups is 1. The summed E-state index contributed by atoms with van der Waals surface area (Å²) in [7, 11) is 0. The Hall–Kier alpha value is -0.770. The van der Waals surface area contributed by atoms with Crippen molar-refractivity contribution in [1.82, 2.24) is 9.80 Å². The lowest BCUT2D eigenvalue weighted by atomic mass is 10.2. The van der Waals surface area contributed by atoms with E-state index in [1.807, 2.05) is 4.90 Å². The van der Waals surface area contributed by atoms with Gasteiger partial charge in [0, 0.05) is 31.2 Å². The highest BCUT2D eigenvalue weighted by atomic mass is 35.5. The number of piperazine rings is 1. The van der Waals surface area contributed by atoms with E-state index in [9.17, 15) is 4.79 Å². The summed E-state index contributed by atoms with van der Waals surface area (Å²) in [5, 5.41) is 0.997. The van der Waals surface area contributed by atoms with E-state index in [0.29, 0.717) is 15.6 Å². The molecule has 0 saturated carbocycles. The fourth-order valence-corrected chi connectivity index (χ4v) is 2.47. The Morgan fingerprint density at radius 1 is 1.22 bits per heavy atom. The smallest absolute Gasteiger partial charge is 0.255 e. The molecule has 1 aromatic carbocycles. The molecule has 0 spiro atoms. The molecule has 1 saturated heterocycles. The molecule has 0 aromatic heterocycles. The first-order chi connectivity index (χ1) is 8.61. The average Bonchev–Trinajstić information content (AvgIpc) is 2.41. The van der Waals surface area contributed by atoms with Gasteiger partial charge in [-0.15, -0.1) is 0 Å². The van der Waals surface area contributed by atoms with Gasteiger partial charge < -0.3 is 9.80 Å². The zero-order valence-corrected chi connectivity index (χ0v) is 11.8. The number of hydrogen-bond acceptors (Lipinski definition) is 2. The molecule has 5 heteroatoms. The zero-order chi connectivity index (χ0) is 13.1. The summed E-state index contributed by atoms with van der Waals surface area (Å²) in [5.41, 5.74) is 0.495. The summed E-state index contributed by atoms with van der Waals surface area (Å²) < 4.78 is 0. The van der Waals surface area contributed by atoms with Crippen molar-refractivity contribution >= 4 is 29.1 Å². The van der Waals surface area contributed by atoms with Gasteiger partial charge in [-0.2, -0.15) is 0 Å². The van der Waals surface area contributed by atoms with Gasteiger partial charge in [0.15, 0.2) is 0 Å². The second-order valence-corrected chi connectivity index (χ2v) is 5.19. The van der Waals surface area contributed by atoms with E-state index < -0.39 is 0 Å². The molecule has 0 bridgehead atoms. The molecule has 1 heterocycles. The standard InChI is InChI=1S/C13H16Cl2N2O/c1-2-16-5-7-17(8-6-16)13(18)11-9-10(14)3-4-12(11)15/h3-4,9H,2,5-8H2,1H3. The number of hydrogen-bond donors (Lipinski definition) is 0. The maximum absolute atomic E-state index is 12.3. The van der Waals surface area contributed by atoms with Crippen LogP contribution in [-0.2, 0) is 0 Å². The minimum absolute atomic E-state index is 0.0294. The van der Waals surface area contributed by atoms with Crippen molar-refractivity contribution in [3.63, 3.8) is 0 Å². The van der Waals surface area contributed by atoms with Crippen LogP contribution in [0.5, 0.6) is 0 Å². The molecule has 0 unspecified atom stereocenters. The third-order valence-electron chi connectivity index (χ3n) is 3.27. The van der Waals surface area contributed by atoms with Crippen molar-refractivity contribution in [2.45, 2.75) is 6.92 Å². The van der Waals surface area contributed by atoms with Crippen LogP contribution < -0.4 is 0 Å². The number of benzene rings is 1. The average molecular weight is 287 g/mol. The first-order valence-corrected chi connectivity index (χ1v) is 6.84. The van der Waals surface area contributed by atoms with E-state index in [1.165, 1.54) is 0 Å². The maximum atomic E-state index is 12.3. The largest absolute Gasteiger partial charge is 0.336 e. The molecule has 0 N–H and O–H groups in total. The first kappa shape index (κ1) is 13.7. The van der Waals surface area contributed by atoms with Gasteiger partial charge in [-0.3, -0.25) is 4.79 Å². The number of rotatable bonds is 2. The fourth-order valence-electron chi connectivity index (χ4n) is 2.10. The molecule has 1 aromatic rings. The van der Waals surface area contributed by atoms with Crippen LogP contribution in [0.3, 0.4) is 0 Å². The Morgan fingerprint density at radius 2 is 1.89 bits per heavy atom. The lowest BCUT2D eigenvalue weighted by Gasteiger charge is -2.34. The SMILES string of the molecule is CCN1CCN(C(=O)c2cc(Cl)ccc2Cl)CC1. The lowest BCUT2D eigenvalue weighted by molar-refractivity contribution is 0.0643. The van der Waals surface area contributed by atoms with E-state index in [-0.39, 0.29) is 5.91 Å². The highest BCUT2D eigenvalue weighted by Gasteiger charge is 2.22. The zero-order valence-electron chi connectivity index (χ0n) is 10.3. The fraction of sp³-hybridized carbons (Fsp3) is 0.462. The van der Waals surface area contributed by atoms with Crippen LogP contribution >= 0.6 is 23.2 Å². The van der Waals surface area contributed by atoms with E-state index in [0.717, 1.165) is 32.7 Å². The van der Waals surface area contributed by atoms with Gasteiger partial charge in [0.1, 0.15) is 0 Å². The lowest BCUT2D eigenvalue weighted by Crippen LogP contribution is -2.48. The predicted octanol–water partition coefficient (Wildman–Crippen LogP) is 2.77. The number of nitrogens with zero attached hydrogens (tertiary/aromatic N) is 2. The molecular formula is C13H16Cl2N2O. The molecule has 0 radical (unpaired) electrons. The Labute approximate surface area is 117 Å². The normalized spacial score (nSPS) is 16.9. The van der Waals surface area contributed by atoms with Crippen molar-refractivity contribution in [3.8, 4) is 0 Å². The van der Waals surface area contributed by atoms with Gasteiger partial charge in [0.2, 0.25) is 0 Å². The van der Waals surface area contributed by atoms with Crippen molar-refractivity contribution in [2.75, 3.05) is 32.7 Å². The van der Waals surface area contributed by atoms with Gasteiger partial charge in [-0.25, -0.2) is 0 Å². The summed E-state index contributed by atoms with van der Waals surface area (Å²) in [5.74, 6) is -0.0294. The minimum Gasteiger partial charge on any atom is -0.336 e. The molecule has 1 aliphatic rings. The Kier molecular flexibility index (Phi) is 4.49. The van der Waals surface area contributed by atoms with Crippen LogP contribution in [0.1, 0.15) is 17.3 Å². The molecule has 1 amide bonds. The van der Waals surface area contributed by atoms with Crippen LogP contribution in [0.15, 0.2) is 18.2 Å². The number of amides is 1. The summed E-state index contributed by atoms with van der Waals surface area (Å²) in [6, 6.07) is 4.99. The Balaban J connectivity index is 2.10. The summed E-state index contributed by atoms with van der Waals surface area (Å²) in [4.78, 5) is 16.5. The molecule has 1 fully saturated rings. The van der Waals surface area contributed by atoms with Crippen molar-refractivity contribution < 1.29 is 4.79 Å². The highest BCUT2D eigenvalue weighted by molar-refractivity contribution is 6.35. The molecular weight excluding hydrogens is 271 g/mol. The number of likely N-dealkylation sites (N-methyl/N-ethyl adjacent to an activating group) is 1. The second kappa shape index (κ2) is 5.91. The predicted molar refractivity (Wildman–Crippen MR) is 74.5 cm³/mol.